The fraction of sp³-hybridized carbons (Fsp3) is 1.00. The van der Waals surface area contributed by atoms with Gasteiger partial charge in [-0.1, -0.05) is 13.3 Å². The third-order valence-electron chi connectivity index (χ3n) is 4.69. The molecule has 2 atom stereocenters. The summed E-state index contributed by atoms with van der Waals surface area (Å²) in [7, 11) is -2.48. The fourth-order valence-electron chi connectivity index (χ4n) is 3.77. The van der Waals surface area contributed by atoms with Crippen LogP contribution in [0.1, 0.15) is 60.3 Å². The molecule has 2 N–H and O–H groups in total. The minimum atomic E-state index is -2.48. The molecule has 5 heteroatoms. The van der Waals surface area contributed by atoms with Crippen molar-refractivity contribution in [1.29, 1.82) is 0 Å². The van der Waals surface area contributed by atoms with Gasteiger partial charge in [0, 0.05) is 25.4 Å². The number of hydrogen-bond donors (Lipinski definition) is 1. The maximum atomic E-state index is 6.82. The van der Waals surface area contributed by atoms with Crippen molar-refractivity contribution in [1.82, 2.24) is 0 Å². The van der Waals surface area contributed by atoms with Crippen LogP contribution in [0.25, 0.3) is 0 Å². The molecule has 0 aromatic rings. The van der Waals surface area contributed by atoms with Gasteiger partial charge in [-0.3, -0.25) is 0 Å². The molecule has 0 aromatic carbocycles. The average Bonchev–Trinajstić information content (AvgIpc) is 2.38. The van der Waals surface area contributed by atoms with Crippen LogP contribution in [0.2, 0.25) is 6.04 Å². The summed E-state index contributed by atoms with van der Waals surface area (Å²) >= 11 is 0. The van der Waals surface area contributed by atoms with E-state index in [0.717, 1.165) is 31.7 Å². The van der Waals surface area contributed by atoms with E-state index in [1.807, 2.05) is 20.8 Å². The van der Waals surface area contributed by atoms with Crippen molar-refractivity contribution >= 4 is 8.56 Å². The maximum Gasteiger partial charge on any atom is 0.372 e. The summed E-state index contributed by atoms with van der Waals surface area (Å²) in [5.41, 5.74) is 6.48. The highest BCUT2D eigenvalue weighted by Crippen LogP contribution is 2.47. The van der Waals surface area contributed by atoms with Crippen LogP contribution < -0.4 is 5.73 Å². The zero-order valence-corrected chi connectivity index (χ0v) is 15.0. The fourth-order valence-corrected chi connectivity index (χ4v) is 8.12. The third kappa shape index (κ3) is 2.97. The van der Waals surface area contributed by atoms with Gasteiger partial charge in [-0.25, -0.2) is 0 Å². The molecule has 1 aliphatic rings. The Kier molecular flexibility index (Phi) is 6.66. The Labute approximate surface area is 125 Å². The smallest absolute Gasteiger partial charge is 0.372 e. The quantitative estimate of drug-likeness (QED) is 0.700. The average molecular weight is 304 g/mol. The normalized spacial score (nSPS) is 33.3. The van der Waals surface area contributed by atoms with Crippen LogP contribution in [0.3, 0.4) is 0 Å². The second-order valence-electron chi connectivity index (χ2n) is 5.84. The minimum Gasteiger partial charge on any atom is -0.393 e. The van der Waals surface area contributed by atoms with Crippen LogP contribution in [-0.4, -0.2) is 39.1 Å². The second-order valence-corrected chi connectivity index (χ2v) is 9.38. The Morgan fingerprint density at radius 3 is 2.10 bits per heavy atom. The Morgan fingerprint density at radius 2 is 1.65 bits per heavy atom. The van der Waals surface area contributed by atoms with E-state index in [1.54, 1.807) is 0 Å². The Morgan fingerprint density at radius 1 is 1.05 bits per heavy atom. The molecular formula is C15H33NO3Si. The Hall–Kier alpha value is 0.0569. The van der Waals surface area contributed by atoms with E-state index < -0.39 is 13.8 Å². The SMILES string of the molecule is CCCC1(N)CCC[Si](OCC)(OCC)C1(C)OCC. The van der Waals surface area contributed by atoms with Crippen molar-refractivity contribution in [2.75, 3.05) is 19.8 Å². The lowest BCUT2D eigenvalue weighted by Crippen LogP contribution is -2.78. The predicted molar refractivity (Wildman–Crippen MR) is 84.9 cm³/mol. The largest absolute Gasteiger partial charge is 0.393 e. The first-order valence-corrected chi connectivity index (χ1v) is 10.2. The molecular weight excluding hydrogens is 270 g/mol. The highest BCUT2D eigenvalue weighted by Gasteiger charge is 2.66. The van der Waals surface area contributed by atoms with E-state index in [4.69, 9.17) is 19.3 Å². The van der Waals surface area contributed by atoms with Crippen LogP contribution in [-0.2, 0) is 13.6 Å². The molecule has 1 rings (SSSR count). The van der Waals surface area contributed by atoms with Crippen LogP contribution in [0.15, 0.2) is 0 Å². The van der Waals surface area contributed by atoms with E-state index in [0.29, 0.717) is 19.8 Å². The van der Waals surface area contributed by atoms with Crippen LogP contribution >= 0.6 is 0 Å². The van der Waals surface area contributed by atoms with Crippen molar-refractivity contribution in [3.05, 3.63) is 0 Å². The first kappa shape index (κ1) is 18.1. The van der Waals surface area contributed by atoms with Gasteiger partial charge >= 0.3 is 8.56 Å². The van der Waals surface area contributed by atoms with Crippen molar-refractivity contribution in [2.24, 2.45) is 5.73 Å². The molecule has 0 radical (unpaired) electrons. The molecule has 1 aliphatic heterocycles. The summed E-state index contributed by atoms with van der Waals surface area (Å²) in [5.74, 6) is 0. The van der Waals surface area contributed by atoms with Crippen LogP contribution in [0.4, 0.5) is 0 Å². The van der Waals surface area contributed by atoms with Crippen molar-refractivity contribution in [3.63, 3.8) is 0 Å². The van der Waals surface area contributed by atoms with Gasteiger partial charge in [0.1, 0.15) is 5.22 Å². The molecule has 0 spiro atoms. The second kappa shape index (κ2) is 7.36. The van der Waals surface area contributed by atoms with Gasteiger partial charge in [0.05, 0.1) is 0 Å². The summed E-state index contributed by atoms with van der Waals surface area (Å²) in [6, 6.07) is 0.980. The number of rotatable bonds is 8. The van der Waals surface area contributed by atoms with Crippen LogP contribution in [0.5, 0.6) is 0 Å². The minimum absolute atomic E-state index is 0.341. The number of hydrogen-bond acceptors (Lipinski definition) is 4. The lowest BCUT2D eigenvalue weighted by atomic mass is 9.83. The zero-order valence-electron chi connectivity index (χ0n) is 14.0. The van der Waals surface area contributed by atoms with Gasteiger partial charge in [-0.05, 0) is 53.0 Å². The van der Waals surface area contributed by atoms with E-state index in [9.17, 15) is 0 Å². The molecule has 0 saturated carbocycles. The van der Waals surface area contributed by atoms with Crippen molar-refractivity contribution in [2.45, 2.75) is 77.1 Å². The molecule has 0 aliphatic carbocycles. The topological polar surface area (TPSA) is 53.7 Å². The van der Waals surface area contributed by atoms with Gasteiger partial charge < -0.3 is 19.3 Å². The van der Waals surface area contributed by atoms with E-state index in [1.165, 1.54) is 0 Å². The predicted octanol–water partition coefficient (Wildman–Crippen LogP) is 3.13. The zero-order chi connectivity index (χ0) is 15.3. The molecule has 0 aromatic heterocycles. The lowest BCUT2D eigenvalue weighted by molar-refractivity contribution is -0.0775. The molecule has 120 valence electrons. The third-order valence-corrected chi connectivity index (χ3v) is 9.31. The van der Waals surface area contributed by atoms with E-state index in [-0.39, 0.29) is 5.54 Å². The monoisotopic (exact) mass is 303 g/mol. The van der Waals surface area contributed by atoms with Gasteiger partial charge in [0.25, 0.3) is 0 Å². The summed E-state index contributed by atoms with van der Waals surface area (Å²) in [6.07, 6.45) is 4.08. The molecule has 2 unspecified atom stereocenters. The molecule has 0 amide bonds. The molecule has 1 heterocycles. The molecule has 4 nitrogen and oxygen atoms in total. The summed E-state index contributed by atoms with van der Waals surface area (Å²) in [6.45, 7) is 12.4. The molecule has 1 saturated heterocycles. The Bertz CT molecular complexity index is 287. The molecule has 20 heavy (non-hydrogen) atoms. The maximum absolute atomic E-state index is 6.82. The highest BCUT2D eigenvalue weighted by atomic mass is 28.4. The molecule has 0 bridgehead atoms. The lowest BCUT2D eigenvalue weighted by Gasteiger charge is -2.57. The Balaban J connectivity index is 3.24. The number of nitrogens with two attached hydrogens (primary N) is 1. The van der Waals surface area contributed by atoms with Gasteiger partial charge in [0.2, 0.25) is 0 Å². The van der Waals surface area contributed by atoms with Gasteiger partial charge in [0.15, 0.2) is 0 Å². The van der Waals surface area contributed by atoms with Gasteiger partial charge in [-0.15, -0.1) is 0 Å². The van der Waals surface area contributed by atoms with Crippen molar-refractivity contribution in [3.8, 4) is 0 Å². The summed E-state index contributed by atoms with van der Waals surface area (Å²) in [5, 5.41) is -0.477. The van der Waals surface area contributed by atoms with Gasteiger partial charge in [-0.2, -0.15) is 0 Å². The highest BCUT2D eigenvalue weighted by molar-refractivity contribution is 6.71. The van der Waals surface area contributed by atoms with E-state index >= 15 is 0 Å². The standard InChI is InChI=1S/C15H33NO3Si/c1-6-11-15(16)12-10-13-20(18-8-3,19-9-4)14(15,5)17-7-2/h6-13,16H2,1-5H3. The van der Waals surface area contributed by atoms with E-state index in [2.05, 4.69) is 13.8 Å². The summed E-state index contributed by atoms with van der Waals surface area (Å²) in [4.78, 5) is 0. The summed E-state index contributed by atoms with van der Waals surface area (Å²) < 4.78 is 18.7. The molecule has 1 fully saturated rings. The number of ether oxygens (including phenoxy) is 1. The van der Waals surface area contributed by atoms with Crippen LogP contribution in [0, 0.1) is 0 Å². The first-order chi connectivity index (χ1) is 9.45. The van der Waals surface area contributed by atoms with Crippen molar-refractivity contribution < 1.29 is 13.6 Å². The first-order valence-electron chi connectivity index (χ1n) is 8.16.